The second kappa shape index (κ2) is 19.2. The molecule has 290 valence electrons. The lowest BCUT2D eigenvalue weighted by molar-refractivity contribution is -0.330. The number of hydrogen-bond donors (Lipinski definition) is 9. The molecule has 19 heteroatoms. The van der Waals surface area contributed by atoms with Crippen molar-refractivity contribution in [1.82, 2.24) is 16.0 Å². The van der Waals surface area contributed by atoms with E-state index in [9.17, 15) is 49.8 Å². The molecular weight excluding hydrogens is 670 g/mol. The number of nitrogens with one attached hydrogen (secondary N) is 3. The van der Waals surface area contributed by atoms with E-state index in [0.717, 1.165) is 7.11 Å². The third-order valence-electron chi connectivity index (χ3n) is 8.72. The Labute approximate surface area is 290 Å². The molecule has 19 nitrogen and oxygen atoms in total. The Bertz CT molecular complexity index is 1120. The first-order valence-electron chi connectivity index (χ1n) is 16.4. The van der Waals surface area contributed by atoms with Crippen molar-refractivity contribution in [3.05, 3.63) is 0 Å². The molecule has 9 N–H and O–H groups in total. The Morgan fingerprint density at radius 2 is 1.58 bits per heavy atom. The quantitative estimate of drug-likeness (QED) is 0.0529. The monoisotopic (exact) mass is 725 g/mol. The first-order valence-corrected chi connectivity index (χ1v) is 16.4. The summed E-state index contributed by atoms with van der Waals surface area (Å²) >= 11 is 0. The summed E-state index contributed by atoms with van der Waals surface area (Å²) in [4.78, 5) is 50.3. The van der Waals surface area contributed by atoms with Crippen molar-refractivity contribution in [1.29, 1.82) is 0 Å². The van der Waals surface area contributed by atoms with Crippen LogP contribution in [0.25, 0.3) is 0 Å². The molecule has 0 saturated carbocycles. The van der Waals surface area contributed by atoms with Crippen LogP contribution in [-0.2, 0) is 42.8 Å². The fourth-order valence-electron chi connectivity index (χ4n) is 6.79. The van der Waals surface area contributed by atoms with Crippen molar-refractivity contribution in [3.8, 4) is 0 Å². The number of hydrogen-bond acceptors (Lipinski definition) is 16. The number of ether oxygens (including phenoxy) is 6. The minimum Gasteiger partial charge on any atom is -0.465 e. The number of esters is 1. The Morgan fingerprint density at radius 3 is 2.12 bits per heavy atom. The normalized spacial score (nSPS) is 31.2. The number of methoxy groups -OCH3 is 2. The van der Waals surface area contributed by atoms with E-state index in [1.54, 1.807) is 0 Å². The van der Waals surface area contributed by atoms with Gasteiger partial charge in [-0.3, -0.25) is 9.59 Å². The van der Waals surface area contributed by atoms with Gasteiger partial charge >= 0.3 is 12.1 Å². The molecule has 10 atom stereocenters. The predicted octanol–water partition coefficient (Wildman–Crippen LogP) is -3.14. The summed E-state index contributed by atoms with van der Waals surface area (Å²) in [5, 5.41) is 71.4. The van der Waals surface area contributed by atoms with E-state index < -0.39 is 110 Å². The van der Waals surface area contributed by atoms with E-state index in [2.05, 4.69) is 16.0 Å². The zero-order chi connectivity index (χ0) is 38.0. The predicted molar refractivity (Wildman–Crippen MR) is 170 cm³/mol. The highest BCUT2D eigenvalue weighted by Crippen LogP contribution is 2.42. The largest absolute Gasteiger partial charge is 0.465 e. The van der Waals surface area contributed by atoms with Crippen LogP contribution < -0.4 is 16.0 Å². The highest BCUT2D eigenvalue weighted by atomic mass is 16.7. The second-order valence-electron chi connectivity index (χ2n) is 13.2. The van der Waals surface area contributed by atoms with Gasteiger partial charge in [-0.15, -0.1) is 0 Å². The molecule has 0 aliphatic carbocycles. The Balaban J connectivity index is 2.41. The van der Waals surface area contributed by atoms with Crippen LogP contribution in [0.3, 0.4) is 0 Å². The molecule has 3 amide bonds. The Kier molecular flexibility index (Phi) is 16.7. The van der Waals surface area contributed by atoms with E-state index in [4.69, 9.17) is 28.4 Å². The number of carbonyl (C=O) groups is 4. The molecule has 2 heterocycles. The van der Waals surface area contributed by atoms with Crippen LogP contribution in [0, 0.1) is 17.8 Å². The van der Waals surface area contributed by atoms with E-state index in [1.165, 1.54) is 14.0 Å². The molecule has 2 aliphatic heterocycles. The maximum Gasteiger partial charge on any atom is 0.407 e. The molecule has 0 aromatic rings. The lowest BCUT2D eigenvalue weighted by atomic mass is 9.73. The fourth-order valence-corrected chi connectivity index (χ4v) is 6.79. The Morgan fingerprint density at radius 1 is 0.940 bits per heavy atom. The standard InChI is InChI=1S/C31H55N3O16/c1-15(2)23(16(3)4)30(34-17(5)36)10-19(38)25(41)21(49-30)14-48-31(28(43)46-7)11-18(37)24(27(50-31)26(42)20(39)13-35)33-22(40)12-32-29(44)47-9-8-45-6/h15-16,18-21,23-27,35,37-39,41-42H,8-14H2,1-7H3,(H,32,44)(H,33,40)(H,34,36)/t18-,19+,20+,21?,24+,25+,26+,27?,30+,31+/m0/s1. The highest BCUT2D eigenvalue weighted by molar-refractivity contribution is 5.82. The SMILES string of the molecule is COCCOC(=O)NCC(=O)N[C@H]1C([C@H](O)[C@H](O)CO)O[C@@](OCC2O[C@@](NC(C)=O)(C(C(C)C)C(C)C)C[C@@H](O)[C@H]2O)(C(=O)OC)C[C@@H]1O. The van der Waals surface area contributed by atoms with Gasteiger partial charge in [-0.2, -0.15) is 0 Å². The maximum absolute atomic E-state index is 13.3. The lowest BCUT2D eigenvalue weighted by Crippen LogP contribution is -2.70. The molecule has 2 saturated heterocycles. The molecule has 0 bridgehead atoms. The summed E-state index contributed by atoms with van der Waals surface area (Å²) in [6, 6.07) is -1.55. The van der Waals surface area contributed by atoms with Gasteiger partial charge in [0, 0.05) is 32.8 Å². The number of amides is 3. The molecule has 2 aliphatic rings. The molecule has 2 rings (SSSR count). The van der Waals surface area contributed by atoms with E-state index in [1.807, 2.05) is 27.7 Å². The summed E-state index contributed by atoms with van der Waals surface area (Å²) in [5.74, 6) is -5.66. The fraction of sp³-hybridized carbons (Fsp3) is 0.871. The maximum atomic E-state index is 13.3. The zero-order valence-corrected chi connectivity index (χ0v) is 29.6. The van der Waals surface area contributed by atoms with Gasteiger partial charge in [0.2, 0.25) is 11.8 Å². The van der Waals surface area contributed by atoms with Crippen LogP contribution in [0.15, 0.2) is 0 Å². The average Bonchev–Trinajstić information content (AvgIpc) is 3.04. The van der Waals surface area contributed by atoms with Crippen LogP contribution >= 0.6 is 0 Å². The van der Waals surface area contributed by atoms with Crippen molar-refractivity contribution in [2.75, 3.05) is 47.2 Å². The van der Waals surface area contributed by atoms with Gasteiger partial charge in [0.25, 0.3) is 5.79 Å². The van der Waals surface area contributed by atoms with Gasteiger partial charge in [-0.05, 0) is 11.8 Å². The smallest absolute Gasteiger partial charge is 0.407 e. The number of aliphatic hydroxyl groups is 6. The number of alkyl carbamates (subject to hydrolysis) is 1. The van der Waals surface area contributed by atoms with Crippen LogP contribution in [0.5, 0.6) is 0 Å². The minimum atomic E-state index is -2.56. The van der Waals surface area contributed by atoms with E-state index >= 15 is 0 Å². The lowest BCUT2D eigenvalue weighted by Gasteiger charge is -2.52. The van der Waals surface area contributed by atoms with Crippen LogP contribution in [-0.4, -0.2) is 162 Å². The number of carbonyl (C=O) groups excluding carboxylic acids is 4. The van der Waals surface area contributed by atoms with Gasteiger partial charge < -0.3 is 75.0 Å². The minimum absolute atomic E-state index is 0.0760. The van der Waals surface area contributed by atoms with Crippen molar-refractivity contribution in [3.63, 3.8) is 0 Å². The van der Waals surface area contributed by atoms with Crippen LogP contribution in [0.2, 0.25) is 0 Å². The number of aliphatic hydroxyl groups excluding tert-OH is 6. The van der Waals surface area contributed by atoms with Crippen molar-refractivity contribution in [2.45, 2.75) is 108 Å². The van der Waals surface area contributed by atoms with E-state index in [0.29, 0.717) is 0 Å². The van der Waals surface area contributed by atoms with Gasteiger partial charge in [0.05, 0.1) is 45.2 Å². The van der Waals surface area contributed by atoms with Gasteiger partial charge in [0.1, 0.15) is 49.4 Å². The molecule has 0 aromatic carbocycles. The van der Waals surface area contributed by atoms with Gasteiger partial charge in [-0.1, -0.05) is 27.7 Å². The van der Waals surface area contributed by atoms with Crippen molar-refractivity contribution in [2.24, 2.45) is 17.8 Å². The summed E-state index contributed by atoms with van der Waals surface area (Å²) in [7, 11) is 2.38. The molecule has 50 heavy (non-hydrogen) atoms. The van der Waals surface area contributed by atoms with Crippen molar-refractivity contribution < 1.29 is 78.2 Å². The molecule has 0 aromatic heterocycles. The van der Waals surface area contributed by atoms with Gasteiger partial charge in [-0.25, -0.2) is 9.59 Å². The van der Waals surface area contributed by atoms with Crippen molar-refractivity contribution >= 4 is 23.9 Å². The summed E-state index contributed by atoms with van der Waals surface area (Å²) in [5.41, 5.74) is -1.48. The first-order chi connectivity index (χ1) is 23.4. The summed E-state index contributed by atoms with van der Waals surface area (Å²) < 4.78 is 32.6. The molecule has 2 fully saturated rings. The molecular formula is C31H55N3O16. The van der Waals surface area contributed by atoms with Gasteiger partial charge in [0.15, 0.2) is 0 Å². The zero-order valence-electron chi connectivity index (χ0n) is 29.6. The first kappa shape index (κ1) is 43.4. The van der Waals surface area contributed by atoms with E-state index in [-0.39, 0.29) is 37.4 Å². The summed E-state index contributed by atoms with van der Waals surface area (Å²) in [6.07, 6.45) is -13.8. The van der Waals surface area contributed by atoms with Crippen LogP contribution in [0.4, 0.5) is 4.79 Å². The molecule has 2 unspecified atom stereocenters. The molecule has 0 radical (unpaired) electrons. The van der Waals surface area contributed by atoms with Crippen LogP contribution in [0.1, 0.15) is 47.5 Å². The summed E-state index contributed by atoms with van der Waals surface area (Å²) in [6.45, 7) is 6.62. The average molecular weight is 726 g/mol. The topological polar surface area (TPSA) is 281 Å². The number of rotatable bonds is 17. The third-order valence-corrected chi connectivity index (χ3v) is 8.72. The second-order valence-corrected chi connectivity index (χ2v) is 13.2. The third kappa shape index (κ3) is 10.9. The molecule has 0 spiro atoms. The Hall–Kier alpha value is -2.72. The highest BCUT2D eigenvalue weighted by Gasteiger charge is 2.58.